The molecule has 31 heavy (non-hydrogen) atoms. The van der Waals surface area contributed by atoms with Crippen molar-refractivity contribution in [3.63, 3.8) is 0 Å². The molecule has 7 heteroatoms. The predicted octanol–water partition coefficient (Wildman–Crippen LogP) is 2.25. The molecule has 0 aromatic carbocycles. The first-order valence-corrected chi connectivity index (χ1v) is 12.6. The molecule has 1 aliphatic carbocycles. The monoisotopic (exact) mass is 438 g/mol. The summed E-state index contributed by atoms with van der Waals surface area (Å²) in [6, 6.07) is 0. The molecule has 5 heterocycles. The van der Waals surface area contributed by atoms with Crippen molar-refractivity contribution in [2.75, 3.05) is 39.6 Å². The zero-order chi connectivity index (χ0) is 21.3. The minimum absolute atomic E-state index is 0.0256. The number of ether oxygens (including phenoxy) is 5. The van der Waals surface area contributed by atoms with E-state index in [0.717, 1.165) is 64.2 Å². The van der Waals surface area contributed by atoms with Gasteiger partial charge >= 0.3 is 0 Å². The SMILES string of the molecule is OCCCC1(O)[C@@]2(CCCO2)[C@]2(CCCO2)C2(CCCO2)[C@]2(CCCO2)[C@@]12CCCO2. The van der Waals surface area contributed by atoms with Crippen LogP contribution < -0.4 is 0 Å². The molecule has 0 radical (unpaired) electrons. The van der Waals surface area contributed by atoms with E-state index in [1.807, 2.05) is 0 Å². The minimum atomic E-state index is -1.32. The Labute approximate surface area is 184 Å². The van der Waals surface area contributed by atoms with Crippen molar-refractivity contribution < 1.29 is 33.9 Å². The van der Waals surface area contributed by atoms with Crippen molar-refractivity contribution in [3.05, 3.63) is 0 Å². The maximum Gasteiger partial charge on any atom is 0.132 e. The summed E-state index contributed by atoms with van der Waals surface area (Å²) in [5.74, 6) is 0. The molecule has 0 aromatic heterocycles. The van der Waals surface area contributed by atoms with Crippen molar-refractivity contribution >= 4 is 0 Å². The second-order valence-electron chi connectivity index (χ2n) is 10.6. The van der Waals surface area contributed by atoms with Crippen LogP contribution in [0.3, 0.4) is 0 Å². The Morgan fingerprint density at radius 2 is 0.839 bits per heavy atom. The van der Waals surface area contributed by atoms with E-state index in [2.05, 4.69) is 0 Å². The van der Waals surface area contributed by atoms with E-state index in [1.54, 1.807) is 0 Å². The third-order valence-electron chi connectivity index (χ3n) is 9.75. The first-order valence-electron chi connectivity index (χ1n) is 12.6. The summed E-state index contributed by atoms with van der Waals surface area (Å²) >= 11 is 0. The van der Waals surface area contributed by atoms with Gasteiger partial charge < -0.3 is 33.9 Å². The van der Waals surface area contributed by atoms with E-state index in [9.17, 15) is 10.2 Å². The van der Waals surface area contributed by atoms with Gasteiger partial charge in [0.25, 0.3) is 0 Å². The summed E-state index contributed by atoms with van der Waals surface area (Å²) in [4.78, 5) is 0. The Balaban J connectivity index is 1.67. The summed E-state index contributed by atoms with van der Waals surface area (Å²) in [5.41, 5.74) is -5.37. The van der Waals surface area contributed by atoms with Crippen molar-refractivity contribution in [2.24, 2.45) is 0 Å². The first-order chi connectivity index (χ1) is 15.1. The van der Waals surface area contributed by atoms with Crippen LogP contribution in [0, 0.1) is 0 Å². The molecule has 6 fully saturated rings. The predicted molar refractivity (Wildman–Crippen MR) is 111 cm³/mol. The van der Waals surface area contributed by atoms with Crippen LogP contribution in [0.15, 0.2) is 0 Å². The molecule has 5 saturated heterocycles. The highest BCUT2D eigenvalue weighted by Crippen LogP contribution is 2.74. The van der Waals surface area contributed by atoms with Gasteiger partial charge in [-0.25, -0.2) is 0 Å². The molecule has 2 unspecified atom stereocenters. The number of aliphatic hydroxyl groups excluding tert-OH is 1. The molecule has 176 valence electrons. The lowest BCUT2D eigenvalue weighted by Gasteiger charge is -2.74. The van der Waals surface area contributed by atoms with E-state index in [-0.39, 0.29) is 6.61 Å². The quantitative estimate of drug-likeness (QED) is 0.699. The van der Waals surface area contributed by atoms with E-state index >= 15 is 0 Å². The molecule has 5 spiro atoms. The van der Waals surface area contributed by atoms with Gasteiger partial charge in [0, 0.05) is 39.6 Å². The van der Waals surface area contributed by atoms with Gasteiger partial charge in [0.2, 0.25) is 0 Å². The molecule has 0 bridgehead atoms. The molecule has 0 aromatic rings. The Kier molecular flexibility index (Phi) is 4.88. The van der Waals surface area contributed by atoms with Crippen LogP contribution in [-0.2, 0) is 23.7 Å². The number of aliphatic hydroxyl groups is 2. The van der Waals surface area contributed by atoms with Crippen LogP contribution in [0.4, 0.5) is 0 Å². The van der Waals surface area contributed by atoms with Gasteiger partial charge in [0.15, 0.2) is 0 Å². The number of hydrogen-bond donors (Lipinski definition) is 2. The van der Waals surface area contributed by atoms with Gasteiger partial charge in [0.1, 0.15) is 33.6 Å². The second kappa shape index (κ2) is 7.11. The average Bonchev–Trinajstić information content (AvgIpc) is 3.61. The third kappa shape index (κ3) is 2.12. The minimum Gasteiger partial charge on any atom is -0.396 e. The fourth-order valence-corrected chi connectivity index (χ4v) is 9.11. The lowest BCUT2D eigenvalue weighted by Crippen LogP contribution is -2.94. The summed E-state index contributed by atoms with van der Waals surface area (Å²) in [6.07, 6.45) is 9.37. The molecule has 0 amide bonds. The van der Waals surface area contributed by atoms with Gasteiger partial charge in [-0.1, -0.05) is 0 Å². The van der Waals surface area contributed by atoms with Crippen LogP contribution in [-0.4, -0.2) is 83.5 Å². The summed E-state index contributed by atoms with van der Waals surface area (Å²) in [5, 5.41) is 22.8. The van der Waals surface area contributed by atoms with Crippen molar-refractivity contribution in [3.8, 4) is 0 Å². The molecule has 2 N–H and O–H groups in total. The largest absolute Gasteiger partial charge is 0.396 e. The highest BCUT2D eigenvalue weighted by Gasteiger charge is 2.92. The highest BCUT2D eigenvalue weighted by atomic mass is 16.6. The third-order valence-corrected chi connectivity index (χ3v) is 9.75. The average molecular weight is 439 g/mol. The van der Waals surface area contributed by atoms with Crippen LogP contribution >= 0.6 is 0 Å². The van der Waals surface area contributed by atoms with Gasteiger partial charge in [-0.3, -0.25) is 0 Å². The van der Waals surface area contributed by atoms with Gasteiger partial charge in [-0.15, -0.1) is 0 Å². The standard InChI is InChI=1S/C24H38O7/c25-13-1-7-19(26)20(8-2-14-27-20)22(10-4-16-29-22)24(12-6-18-31-24)23(11-5-17-30-23)21(19)9-3-15-28-21/h25-26H,1-18H2/t19?,20-,21+,22+,23-,24?. The van der Waals surface area contributed by atoms with Crippen molar-refractivity contribution in [1.82, 2.24) is 0 Å². The topological polar surface area (TPSA) is 86.6 Å². The van der Waals surface area contributed by atoms with E-state index < -0.39 is 33.6 Å². The fraction of sp³-hybridized carbons (Fsp3) is 1.00. The molecule has 6 rings (SSSR count). The van der Waals surface area contributed by atoms with Crippen LogP contribution in [0.5, 0.6) is 0 Å². The summed E-state index contributed by atoms with van der Waals surface area (Å²) in [6.45, 7) is 3.21. The van der Waals surface area contributed by atoms with Crippen molar-refractivity contribution in [1.29, 1.82) is 0 Å². The number of rotatable bonds is 3. The van der Waals surface area contributed by atoms with Gasteiger partial charge in [0.05, 0.1) is 0 Å². The van der Waals surface area contributed by atoms with E-state index in [1.165, 1.54) is 0 Å². The Hall–Kier alpha value is -0.280. The van der Waals surface area contributed by atoms with Crippen LogP contribution in [0.25, 0.3) is 0 Å². The van der Waals surface area contributed by atoms with Gasteiger partial charge in [-0.05, 0) is 77.0 Å². The van der Waals surface area contributed by atoms with Gasteiger partial charge in [-0.2, -0.15) is 0 Å². The lowest BCUT2D eigenvalue weighted by atomic mass is 9.41. The Morgan fingerprint density at radius 3 is 1.13 bits per heavy atom. The molecule has 7 nitrogen and oxygen atoms in total. The van der Waals surface area contributed by atoms with Crippen molar-refractivity contribution in [2.45, 2.75) is 111 Å². The maximum atomic E-state index is 13.0. The number of hydrogen-bond acceptors (Lipinski definition) is 7. The molecule has 6 atom stereocenters. The zero-order valence-electron chi connectivity index (χ0n) is 18.7. The zero-order valence-corrected chi connectivity index (χ0v) is 18.7. The normalized spacial score (nSPS) is 54.0. The molecule has 1 saturated carbocycles. The number of fused-ring (bicyclic) bond motifs is 4. The molecule has 6 aliphatic rings. The highest BCUT2D eigenvalue weighted by molar-refractivity contribution is 5.42. The Bertz CT molecular complexity index is 630. The van der Waals surface area contributed by atoms with E-state index in [0.29, 0.717) is 45.9 Å². The Morgan fingerprint density at radius 1 is 0.516 bits per heavy atom. The van der Waals surface area contributed by atoms with Crippen LogP contribution in [0.2, 0.25) is 0 Å². The fourth-order valence-electron chi connectivity index (χ4n) is 9.11. The smallest absolute Gasteiger partial charge is 0.132 e. The molecule has 5 aliphatic heterocycles. The summed E-state index contributed by atoms with van der Waals surface area (Å²) < 4.78 is 34.0. The van der Waals surface area contributed by atoms with Crippen LogP contribution in [0.1, 0.15) is 77.0 Å². The maximum absolute atomic E-state index is 13.0. The molecular formula is C24H38O7. The first kappa shape index (κ1) is 21.3. The van der Waals surface area contributed by atoms with E-state index in [4.69, 9.17) is 23.7 Å². The lowest BCUT2D eigenvalue weighted by molar-refractivity contribution is -0.438. The second-order valence-corrected chi connectivity index (χ2v) is 10.6. The summed E-state index contributed by atoms with van der Waals surface area (Å²) in [7, 11) is 0. The molecular weight excluding hydrogens is 400 g/mol.